The van der Waals surface area contributed by atoms with E-state index in [0.29, 0.717) is 12.5 Å². The molecule has 0 saturated carbocycles. The van der Waals surface area contributed by atoms with Gasteiger partial charge in [-0.25, -0.2) is 0 Å². The Hall–Kier alpha value is -0.950. The van der Waals surface area contributed by atoms with Crippen LogP contribution in [0.5, 0.6) is 5.75 Å². The predicted molar refractivity (Wildman–Crippen MR) is 62.0 cm³/mol. The lowest BCUT2D eigenvalue weighted by Crippen LogP contribution is -1.97. The lowest BCUT2D eigenvalue weighted by molar-refractivity contribution is 0.343. The number of rotatable bonds is 4. The van der Waals surface area contributed by atoms with Crippen LogP contribution in [0.15, 0.2) is 29.8 Å². The van der Waals surface area contributed by atoms with Crippen molar-refractivity contribution in [2.45, 2.75) is 13.8 Å². The number of halogens is 1. The largest absolute Gasteiger partial charge is 0.492 e. The van der Waals surface area contributed by atoms with Crippen LogP contribution >= 0.6 is 11.6 Å². The molecule has 1 nitrogen and oxygen atoms in total. The van der Waals surface area contributed by atoms with Gasteiger partial charge in [0.05, 0.1) is 5.88 Å². The zero-order chi connectivity index (χ0) is 10.4. The molecule has 0 radical (unpaired) electrons. The fraction of sp³-hybridized carbons (Fsp3) is 0.333. The zero-order valence-corrected chi connectivity index (χ0v) is 9.34. The quantitative estimate of drug-likeness (QED) is 0.689. The Kier molecular flexibility index (Phi) is 4.54. The molecule has 14 heavy (non-hydrogen) atoms. The number of allylic oxidation sites excluding steroid dienone is 1. The van der Waals surface area contributed by atoms with Gasteiger partial charge in [-0.2, -0.15) is 0 Å². The number of benzene rings is 1. The van der Waals surface area contributed by atoms with Gasteiger partial charge in [-0.3, -0.25) is 0 Å². The minimum absolute atomic E-state index is 0.524. The van der Waals surface area contributed by atoms with E-state index >= 15 is 0 Å². The Morgan fingerprint density at radius 1 is 1.29 bits per heavy atom. The number of alkyl halides is 1. The molecule has 0 aromatic heterocycles. The molecular formula is C12H15ClO. The summed E-state index contributed by atoms with van der Waals surface area (Å²) in [6.07, 6.45) is 2.13. The van der Waals surface area contributed by atoms with Crippen LogP contribution in [-0.4, -0.2) is 12.5 Å². The topological polar surface area (TPSA) is 9.23 Å². The summed E-state index contributed by atoms with van der Waals surface area (Å²) in [6, 6.07) is 8.00. The summed E-state index contributed by atoms with van der Waals surface area (Å²) in [7, 11) is 0. The Balaban J connectivity index is 2.64. The Labute approximate surface area is 90.3 Å². The monoisotopic (exact) mass is 210 g/mol. The first-order chi connectivity index (χ1) is 6.72. The van der Waals surface area contributed by atoms with E-state index in [4.69, 9.17) is 16.3 Å². The second kappa shape index (κ2) is 5.71. The first-order valence-corrected chi connectivity index (χ1v) is 5.19. The summed E-state index contributed by atoms with van der Waals surface area (Å²) < 4.78 is 5.36. The van der Waals surface area contributed by atoms with Crippen molar-refractivity contribution in [2.75, 3.05) is 12.5 Å². The zero-order valence-electron chi connectivity index (χ0n) is 8.59. The van der Waals surface area contributed by atoms with E-state index in [2.05, 4.69) is 19.9 Å². The fourth-order valence-electron chi connectivity index (χ4n) is 1.15. The van der Waals surface area contributed by atoms with Crippen molar-refractivity contribution in [3.05, 3.63) is 35.4 Å². The number of hydrogen-bond acceptors (Lipinski definition) is 1. The molecule has 2 heteroatoms. The van der Waals surface area contributed by atoms with E-state index in [1.807, 2.05) is 24.3 Å². The van der Waals surface area contributed by atoms with Crippen LogP contribution in [-0.2, 0) is 0 Å². The van der Waals surface area contributed by atoms with E-state index in [1.54, 1.807) is 0 Å². The summed E-state index contributed by atoms with van der Waals surface area (Å²) in [5, 5.41) is 0. The predicted octanol–water partition coefficient (Wildman–Crippen LogP) is 3.73. The van der Waals surface area contributed by atoms with Crippen LogP contribution < -0.4 is 4.74 Å². The molecule has 76 valence electrons. The van der Waals surface area contributed by atoms with Gasteiger partial charge in [-0.15, -0.1) is 11.6 Å². The maximum Gasteiger partial charge on any atom is 0.119 e. The SMILES string of the molecule is CC(C)=Cc1ccc(OCCCl)cc1. The molecule has 1 aromatic carbocycles. The van der Waals surface area contributed by atoms with Crippen LogP contribution in [0, 0.1) is 0 Å². The van der Waals surface area contributed by atoms with Crippen LogP contribution in [0.4, 0.5) is 0 Å². The van der Waals surface area contributed by atoms with Gasteiger partial charge < -0.3 is 4.74 Å². The summed E-state index contributed by atoms with van der Waals surface area (Å²) in [6.45, 7) is 4.72. The second-order valence-corrected chi connectivity index (χ2v) is 3.71. The highest BCUT2D eigenvalue weighted by molar-refractivity contribution is 6.17. The number of hydrogen-bond donors (Lipinski definition) is 0. The summed E-state index contributed by atoms with van der Waals surface area (Å²) in [4.78, 5) is 0. The molecule has 0 amide bonds. The van der Waals surface area contributed by atoms with Crippen LogP contribution in [0.3, 0.4) is 0 Å². The molecule has 0 aliphatic heterocycles. The van der Waals surface area contributed by atoms with Crippen LogP contribution in [0.1, 0.15) is 19.4 Å². The minimum Gasteiger partial charge on any atom is -0.492 e. The van der Waals surface area contributed by atoms with Crippen molar-refractivity contribution in [1.29, 1.82) is 0 Å². The first-order valence-electron chi connectivity index (χ1n) is 4.66. The third-order valence-electron chi connectivity index (χ3n) is 1.68. The van der Waals surface area contributed by atoms with E-state index in [-0.39, 0.29) is 0 Å². The summed E-state index contributed by atoms with van der Waals surface area (Å²) >= 11 is 5.52. The van der Waals surface area contributed by atoms with Crippen molar-refractivity contribution >= 4 is 17.7 Å². The average molecular weight is 211 g/mol. The van der Waals surface area contributed by atoms with E-state index < -0.39 is 0 Å². The Morgan fingerprint density at radius 3 is 2.43 bits per heavy atom. The van der Waals surface area contributed by atoms with E-state index in [1.165, 1.54) is 11.1 Å². The Bertz CT molecular complexity index is 297. The van der Waals surface area contributed by atoms with Gasteiger partial charge in [0.15, 0.2) is 0 Å². The van der Waals surface area contributed by atoms with Crippen molar-refractivity contribution in [3.8, 4) is 5.75 Å². The highest BCUT2D eigenvalue weighted by Gasteiger charge is 1.92. The third-order valence-corrected chi connectivity index (χ3v) is 1.84. The molecule has 0 N–H and O–H groups in total. The van der Waals surface area contributed by atoms with Gasteiger partial charge in [0, 0.05) is 0 Å². The molecule has 0 saturated heterocycles. The van der Waals surface area contributed by atoms with Crippen LogP contribution in [0.25, 0.3) is 6.08 Å². The molecule has 0 fully saturated rings. The minimum atomic E-state index is 0.524. The van der Waals surface area contributed by atoms with Gasteiger partial charge in [0.25, 0.3) is 0 Å². The van der Waals surface area contributed by atoms with Crippen LogP contribution in [0.2, 0.25) is 0 Å². The van der Waals surface area contributed by atoms with Gasteiger partial charge in [-0.05, 0) is 31.5 Å². The molecular weight excluding hydrogens is 196 g/mol. The molecule has 0 aliphatic rings. The Morgan fingerprint density at radius 2 is 1.93 bits per heavy atom. The molecule has 0 heterocycles. The maximum absolute atomic E-state index is 5.52. The fourth-order valence-corrected chi connectivity index (χ4v) is 1.23. The van der Waals surface area contributed by atoms with Gasteiger partial charge in [0.1, 0.15) is 12.4 Å². The van der Waals surface area contributed by atoms with Crippen molar-refractivity contribution < 1.29 is 4.74 Å². The molecule has 0 spiro atoms. The summed E-state index contributed by atoms with van der Waals surface area (Å²) in [5.74, 6) is 1.40. The molecule has 0 aliphatic carbocycles. The van der Waals surface area contributed by atoms with Gasteiger partial charge in [0.2, 0.25) is 0 Å². The van der Waals surface area contributed by atoms with E-state index in [0.717, 1.165) is 5.75 Å². The summed E-state index contributed by atoms with van der Waals surface area (Å²) in [5.41, 5.74) is 2.49. The second-order valence-electron chi connectivity index (χ2n) is 3.33. The van der Waals surface area contributed by atoms with Crippen molar-refractivity contribution in [1.82, 2.24) is 0 Å². The standard InChI is InChI=1S/C12H15ClO/c1-10(2)9-11-3-5-12(6-4-11)14-8-7-13/h3-6,9H,7-8H2,1-2H3. The smallest absolute Gasteiger partial charge is 0.119 e. The third kappa shape index (κ3) is 3.84. The number of ether oxygens (including phenoxy) is 1. The lowest BCUT2D eigenvalue weighted by atomic mass is 10.1. The molecule has 1 aromatic rings. The first kappa shape index (κ1) is 11.1. The maximum atomic E-state index is 5.52. The van der Waals surface area contributed by atoms with Gasteiger partial charge >= 0.3 is 0 Å². The van der Waals surface area contributed by atoms with Crippen molar-refractivity contribution in [2.24, 2.45) is 0 Å². The highest BCUT2D eigenvalue weighted by Crippen LogP contribution is 2.14. The lowest BCUT2D eigenvalue weighted by Gasteiger charge is -2.03. The highest BCUT2D eigenvalue weighted by atomic mass is 35.5. The molecule has 0 atom stereocenters. The molecule has 0 unspecified atom stereocenters. The molecule has 0 bridgehead atoms. The molecule has 1 rings (SSSR count). The van der Waals surface area contributed by atoms with E-state index in [9.17, 15) is 0 Å². The normalized spacial score (nSPS) is 9.64. The van der Waals surface area contributed by atoms with Gasteiger partial charge in [-0.1, -0.05) is 23.8 Å². The van der Waals surface area contributed by atoms with Crippen molar-refractivity contribution in [3.63, 3.8) is 0 Å². The average Bonchev–Trinajstić information content (AvgIpc) is 2.16.